The van der Waals surface area contributed by atoms with Crippen LogP contribution in [0.1, 0.15) is 32.1 Å². The molecule has 3 heterocycles. The zero-order valence-corrected chi connectivity index (χ0v) is 12.7. The van der Waals surface area contributed by atoms with Crippen LogP contribution in [0.25, 0.3) is 17.0 Å². The van der Waals surface area contributed by atoms with Crippen LogP contribution in [0.4, 0.5) is 5.82 Å². The van der Waals surface area contributed by atoms with Crippen molar-refractivity contribution in [1.82, 2.24) is 24.1 Å². The maximum Gasteiger partial charge on any atom is 0.157 e. The molecule has 22 heavy (non-hydrogen) atoms. The van der Waals surface area contributed by atoms with Gasteiger partial charge < -0.3 is 5.32 Å². The zero-order chi connectivity index (χ0) is 14.9. The Hall–Kier alpha value is -2.37. The normalized spacial score (nSPS) is 16.2. The van der Waals surface area contributed by atoms with Gasteiger partial charge in [-0.15, -0.1) is 0 Å². The second kappa shape index (κ2) is 5.44. The van der Waals surface area contributed by atoms with Crippen molar-refractivity contribution in [2.75, 3.05) is 5.32 Å². The van der Waals surface area contributed by atoms with Gasteiger partial charge in [-0.3, -0.25) is 14.1 Å². The molecule has 0 saturated heterocycles. The molecule has 0 bridgehead atoms. The van der Waals surface area contributed by atoms with E-state index in [0.717, 1.165) is 22.9 Å². The highest BCUT2D eigenvalue weighted by Gasteiger charge is 2.20. The van der Waals surface area contributed by atoms with E-state index in [2.05, 4.69) is 19.8 Å². The first-order valence-corrected chi connectivity index (χ1v) is 7.90. The molecule has 0 radical (unpaired) electrons. The SMILES string of the molecule is Cn1nccc1-c1nc2cnccn2c1NC1CCCCC1. The average molecular weight is 296 g/mol. The van der Waals surface area contributed by atoms with Crippen LogP contribution in [0.15, 0.2) is 30.9 Å². The molecule has 1 saturated carbocycles. The van der Waals surface area contributed by atoms with E-state index in [4.69, 9.17) is 4.98 Å². The molecule has 0 spiro atoms. The molecule has 0 atom stereocenters. The molecule has 6 nitrogen and oxygen atoms in total. The van der Waals surface area contributed by atoms with E-state index >= 15 is 0 Å². The highest BCUT2D eigenvalue weighted by molar-refractivity contribution is 5.74. The number of hydrogen-bond acceptors (Lipinski definition) is 4. The minimum atomic E-state index is 0.522. The summed E-state index contributed by atoms with van der Waals surface area (Å²) in [6.45, 7) is 0. The van der Waals surface area contributed by atoms with Crippen LogP contribution in [-0.4, -0.2) is 30.2 Å². The third-order valence-corrected chi connectivity index (χ3v) is 4.44. The summed E-state index contributed by atoms with van der Waals surface area (Å²) in [5.41, 5.74) is 2.82. The van der Waals surface area contributed by atoms with Gasteiger partial charge in [0.1, 0.15) is 11.5 Å². The molecule has 1 N–H and O–H groups in total. The molecule has 0 aromatic carbocycles. The van der Waals surface area contributed by atoms with E-state index in [0.29, 0.717) is 6.04 Å². The van der Waals surface area contributed by atoms with Crippen LogP contribution in [0, 0.1) is 0 Å². The Morgan fingerprint density at radius 1 is 1.18 bits per heavy atom. The second-order valence-corrected chi connectivity index (χ2v) is 5.93. The molecule has 4 rings (SSSR count). The van der Waals surface area contributed by atoms with Crippen LogP contribution >= 0.6 is 0 Å². The van der Waals surface area contributed by atoms with Gasteiger partial charge in [0.25, 0.3) is 0 Å². The molecule has 0 amide bonds. The standard InChI is InChI=1S/C16H20N6/c1-21-13(7-8-18-21)15-16(19-12-5-3-2-4-6-12)22-10-9-17-11-14(22)20-15/h7-12,19H,2-6H2,1H3. The van der Waals surface area contributed by atoms with Gasteiger partial charge in [0.15, 0.2) is 5.65 Å². The summed E-state index contributed by atoms with van der Waals surface area (Å²) in [5.74, 6) is 1.05. The molecular formula is C16H20N6. The number of nitrogens with zero attached hydrogens (tertiary/aromatic N) is 5. The molecule has 1 aliphatic rings. The summed E-state index contributed by atoms with van der Waals surface area (Å²) in [6, 6.07) is 2.52. The monoisotopic (exact) mass is 296 g/mol. The minimum absolute atomic E-state index is 0.522. The Morgan fingerprint density at radius 3 is 2.82 bits per heavy atom. The largest absolute Gasteiger partial charge is 0.367 e. The van der Waals surface area contributed by atoms with Crippen LogP contribution in [-0.2, 0) is 7.05 Å². The van der Waals surface area contributed by atoms with E-state index in [1.807, 2.05) is 30.2 Å². The quantitative estimate of drug-likeness (QED) is 0.807. The lowest BCUT2D eigenvalue weighted by atomic mass is 9.95. The smallest absolute Gasteiger partial charge is 0.157 e. The topological polar surface area (TPSA) is 60.0 Å². The molecule has 6 heteroatoms. The first kappa shape index (κ1) is 13.3. The summed E-state index contributed by atoms with van der Waals surface area (Å²) >= 11 is 0. The van der Waals surface area contributed by atoms with E-state index in [9.17, 15) is 0 Å². The van der Waals surface area contributed by atoms with Crippen molar-refractivity contribution in [3.63, 3.8) is 0 Å². The van der Waals surface area contributed by atoms with Crippen LogP contribution in [0.3, 0.4) is 0 Å². The van der Waals surface area contributed by atoms with E-state index in [1.54, 1.807) is 12.4 Å². The maximum absolute atomic E-state index is 4.76. The summed E-state index contributed by atoms with van der Waals surface area (Å²) in [6.07, 6.45) is 13.8. The van der Waals surface area contributed by atoms with Gasteiger partial charge in [0.2, 0.25) is 0 Å². The Kier molecular flexibility index (Phi) is 3.29. The van der Waals surface area contributed by atoms with E-state index in [1.165, 1.54) is 32.1 Å². The second-order valence-electron chi connectivity index (χ2n) is 5.93. The van der Waals surface area contributed by atoms with Crippen molar-refractivity contribution in [2.45, 2.75) is 38.1 Å². The summed E-state index contributed by atoms with van der Waals surface area (Å²) in [4.78, 5) is 8.94. The molecule has 1 aliphatic carbocycles. The maximum atomic E-state index is 4.76. The van der Waals surface area contributed by atoms with Crippen LogP contribution in [0.2, 0.25) is 0 Å². The van der Waals surface area contributed by atoms with Crippen molar-refractivity contribution in [3.8, 4) is 11.4 Å². The number of aryl methyl sites for hydroxylation is 1. The third kappa shape index (κ3) is 2.24. The van der Waals surface area contributed by atoms with E-state index < -0.39 is 0 Å². The van der Waals surface area contributed by atoms with Crippen molar-refractivity contribution in [2.24, 2.45) is 7.05 Å². The van der Waals surface area contributed by atoms with Crippen molar-refractivity contribution < 1.29 is 0 Å². The first-order chi connectivity index (χ1) is 10.8. The van der Waals surface area contributed by atoms with Crippen molar-refractivity contribution in [3.05, 3.63) is 30.9 Å². The van der Waals surface area contributed by atoms with E-state index in [-0.39, 0.29) is 0 Å². The first-order valence-electron chi connectivity index (χ1n) is 7.90. The molecule has 3 aromatic rings. The highest BCUT2D eigenvalue weighted by atomic mass is 15.3. The van der Waals surface area contributed by atoms with Gasteiger partial charge in [-0.2, -0.15) is 5.10 Å². The van der Waals surface area contributed by atoms with Gasteiger partial charge in [-0.1, -0.05) is 19.3 Å². The fraction of sp³-hybridized carbons (Fsp3) is 0.438. The van der Waals surface area contributed by atoms with Gasteiger partial charge >= 0.3 is 0 Å². The number of anilines is 1. The molecular weight excluding hydrogens is 276 g/mol. The Balaban J connectivity index is 1.81. The third-order valence-electron chi connectivity index (χ3n) is 4.44. The lowest BCUT2D eigenvalue weighted by Crippen LogP contribution is -2.23. The van der Waals surface area contributed by atoms with Crippen LogP contribution in [0.5, 0.6) is 0 Å². The van der Waals surface area contributed by atoms with Crippen molar-refractivity contribution >= 4 is 11.5 Å². The average Bonchev–Trinajstić information content (AvgIpc) is 3.12. The molecule has 1 fully saturated rings. The molecule has 0 aliphatic heterocycles. The van der Waals surface area contributed by atoms with Crippen LogP contribution < -0.4 is 5.32 Å². The number of imidazole rings is 1. The number of aromatic nitrogens is 5. The fourth-order valence-corrected chi connectivity index (χ4v) is 3.27. The predicted octanol–water partition coefficient (Wildman–Crippen LogP) is 2.87. The number of nitrogens with one attached hydrogen (secondary N) is 1. The van der Waals surface area contributed by atoms with Gasteiger partial charge in [-0.25, -0.2) is 4.98 Å². The van der Waals surface area contributed by atoms with Gasteiger partial charge in [-0.05, 0) is 18.9 Å². The summed E-state index contributed by atoms with van der Waals surface area (Å²) in [7, 11) is 1.95. The number of hydrogen-bond donors (Lipinski definition) is 1. The fourth-order valence-electron chi connectivity index (χ4n) is 3.27. The Morgan fingerprint density at radius 2 is 2.05 bits per heavy atom. The lowest BCUT2D eigenvalue weighted by Gasteiger charge is -2.24. The highest BCUT2D eigenvalue weighted by Crippen LogP contribution is 2.30. The number of rotatable bonds is 3. The predicted molar refractivity (Wildman–Crippen MR) is 85.7 cm³/mol. The van der Waals surface area contributed by atoms with Gasteiger partial charge in [0, 0.05) is 31.7 Å². The lowest BCUT2D eigenvalue weighted by molar-refractivity contribution is 0.461. The molecule has 0 unspecified atom stereocenters. The van der Waals surface area contributed by atoms with Gasteiger partial charge in [0.05, 0.1) is 11.9 Å². The minimum Gasteiger partial charge on any atom is -0.367 e. The Bertz CT molecular complexity index is 781. The molecule has 3 aromatic heterocycles. The summed E-state index contributed by atoms with van der Waals surface area (Å²) in [5, 5.41) is 7.99. The number of fused-ring (bicyclic) bond motifs is 1. The summed E-state index contributed by atoms with van der Waals surface area (Å²) < 4.78 is 3.95. The molecule has 114 valence electrons. The Labute approximate surface area is 129 Å². The van der Waals surface area contributed by atoms with Crippen molar-refractivity contribution in [1.29, 1.82) is 0 Å². The zero-order valence-electron chi connectivity index (χ0n) is 12.7.